The van der Waals surface area contributed by atoms with Gasteiger partial charge in [-0.2, -0.15) is 5.26 Å². The van der Waals surface area contributed by atoms with Gasteiger partial charge in [-0.1, -0.05) is 0 Å². The second kappa shape index (κ2) is 4.94. The minimum absolute atomic E-state index is 0.0528. The van der Waals surface area contributed by atoms with E-state index in [4.69, 9.17) is 5.26 Å². The van der Waals surface area contributed by atoms with Gasteiger partial charge in [-0.3, -0.25) is 0 Å². The van der Waals surface area contributed by atoms with Gasteiger partial charge >= 0.3 is 0 Å². The highest BCUT2D eigenvalue weighted by Gasteiger charge is 2.10. The largest absolute Gasteiger partial charge is 0.381 e. The number of rotatable bonds is 4. The summed E-state index contributed by atoms with van der Waals surface area (Å²) in [5.41, 5.74) is 0.999. The quantitative estimate of drug-likeness (QED) is 0.840. The molecule has 6 heteroatoms. The molecule has 1 atom stereocenters. The summed E-state index contributed by atoms with van der Waals surface area (Å²) in [7, 11) is -3.00. The molecule has 0 radical (unpaired) electrons. The van der Waals surface area contributed by atoms with E-state index < -0.39 is 9.84 Å². The fourth-order valence-electron chi connectivity index (χ4n) is 1.36. The number of sulfone groups is 1. The fourth-order valence-corrected chi connectivity index (χ4v) is 2.35. The van der Waals surface area contributed by atoms with Crippen molar-refractivity contribution in [3.05, 3.63) is 24.0 Å². The molecular formula is C10H13N3O2S. The SMILES string of the molecule is CC(CS(C)(=O)=O)Nc1ccnc(C#N)c1. The molecule has 0 aliphatic heterocycles. The first-order valence-corrected chi connectivity index (χ1v) is 6.77. The maximum Gasteiger partial charge on any atom is 0.149 e. The Kier molecular flexibility index (Phi) is 3.85. The first kappa shape index (κ1) is 12.5. The molecule has 0 fully saturated rings. The predicted molar refractivity (Wildman–Crippen MR) is 61.7 cm³/mol. The van der Waals surface area contributed by atoms with E-state index in [0.29, 0.717) is 11.4 Å². The van der Waals surface area contributed by atoms with Crippen molar-refractivity contribution in [1.29, 1.82) is 5.26 Å². The van der Waals surface area contributed by atoms with Crippen molar-refractivity contribution in [3.63, 3.8) is 0 Å². The summed E-state index contributed by atoms with van der Waals surface area (Å²) in [6.07, 6.45) is 2.70. The van der Waals surface area contributed by atoms with Crippen LogP contribution in [0.4, 0.5) is 5.69 Å². The van der Waals surface area contributed by atoms with Gasteiger partial charge in [0, 0.05) is 24.2 Å². The van der Waals surface area contributed by atoms with E-state index in [2.05, 4.69) is 10.3 Å². The van der Waals surface area contributed by atoms with Crippen LogP contribution in [0.25, 0.3) is 0 Å². The zero-order valence-electron chi connectivity index (χ0n) is 9.14. The van der Waals surface area contributed by atoms with Crippen LogP contribution in [-0.4, -0.2) is 31.5 Å². The Balaban J connectivity index is 2.70. The molecule has 16 heavy (non-hydrogen) atoms. The number of pyridine rings is 1. The second-order valence-corrected chi connectivity index (χ2v) is 5.86. The Morgan fingerprint density at radius 3 is 2.88 bits per heavy atom. The van der Waals surface area contributed by atoms with Crippen LogP contribution in [0.3, 0.4) is 0 Å². The van der Waals surface area contributed by atoms with Gasteiger partial charge in [-0.15, -0.1) is 0 Å². The maximum absolute atomic E-state index is 11.1. The summed E-state index contributed by atoms with van der Waals surface area (Å²) in [5, 5.41) is 11.6. The molecule has 0 aromatic carbocycles. The third kappa shape index (κ3) is 4.28. The van der Waals surface area contributed by atoms with Crippen LogP contribution in [0.5, 0.6) is 0 Å². The molecule has 5 nitrogen and oxygen atoms in total. The Morgan fingerprint density at radius 1 is 1.62 bits per heavy atom. The van der Waals surface area contributed by atoms with E-state index in [1.807, 2.05) is 6.07 Å². The molecule has 0 bridgehead atoms. The number of nitrogens with zero attached hydrogens (tertiary/aromatic N) is 2. The van der Waals surface area contributed by atoms with Crippen molar-refractivity contribution in [2.45, 2.75) is 13.0 Å². The summed E-state index contributed by atoms with van der Waals surface area (Å²) < 4.78 is 22.1. The summed E-state index contributed by atoms with van der Waals surface area (Å²) in [6.45, 7) is 1.77. The topological polar surface area (TPSA) is 82.8 Å². The first-order chi connectivity index (χ1) is 7.40. The van der Waals surface area contributed by atoms with E-state index in [9.17, 15) is 8.42 Å². The van der Waals surface area contributed by atoms with Crippen LogP contribution >= 0.6 is 0 Å². The van der Waals surface area contributed by atoms with Gasteiger partial charge in [-0.05, 0) is 19.1 Å². The Labute approximate surface area is 95.0 Å². The molecule has 86 valence electrons. The zero-order chi connectivity index (χ0) is 12.2. The third-order valence-corrected chi connectivity index (χ3v) is 2.95. The molecule has 1 aromatic rings. The molecule has 1 N–H and O–H groups in total. The Morgan fingerprint density at radius 2 is 2.31 bits per heavy atom. The highest BCUT2D eigenvalue weighted by Crippen LogP contribution is 2.09. The monoisotopic (exact) mass is 239 g/mol. The highest BCUT2D eigenvalue weighted by atomic mass is 32.2. The molecule has 0 amide bonds. The number of nitrogens with one attached hydrogen (secondary N) is 1. The smallest absolute Gasteiger partial charge is 0.149 e. The second-order valence-electron chi connectivity index (χ2n) is 3.68. The molecule has 0 aliphatic carbocycles. The molecule has 0 saturated carbocycles. The molecule has 0 saturated heterocycles. The molecule has 0 aliphatic rings. The van der Waals surface area contributed by atoms with Gasteiger partial charge in [0.05, 0.1) is 5.75 Å². The standard InChI is InChI=1S/C10H13N3O2S/c1-8(7-16(2,14)15)13-9-3-4-12-10(5-9)6-11/h3-5,8H,7H2,1-2H3,(H,12,13). The van der Waals surface area contributed by atoms with Crippen LogP contribution in [-0.2, 0) is 9.84 Å². The molecule has 0 spiro atoms. The molecule has 1 aromatic heterocycles. The van der Waals surface area contributed by atoms with Gasteiger partial charge in [0.1, 0.15) is 21.6 Å². The molecule has 1 heterocycles. The van der Waals surface area contributed by atoms with Crippen molar-refractivity contribution in [2.24, 2.45) is 0 Å². The lowest BCUT2D eigenvalue weighted by Gasteiger charge is -2.13. The summed E-state index contributed by atoms with van der Waals surface area (Å²) in [5.74, 6) is 0.0528. The van der Waals surface area contributed by atoms with Crippen molar-refractivity contribution in [2.75, 3.05) is 17.3 Å². The number of nitriles is 1. The van der Waals surface area contributed by atoms with Crippen molar-refractivity contribution >= 4 is 15.5 Å². The minimum Gasteiger partial charge on any atom is -0.381 e. The Hall–Kier alpha value is -1.61. The maximum atomic E-state index is 11.1. The molecule has 1 unspecified atom stereocenters. The first-order valence-electron chi connectivity index (χ1n) is 4.71. The summed E-state index contributed by atoms with van der Waals surface area (Å²) in [6, 6.07) is 4.99. The average molecular weight is 239 g/mol. The average Bonchev–Trinajstić information content (AvgIpc) is 2.15. The van der Waals surface area contributed by atoms with E-state index in [1.54, 1.807) is 19.1 Å². The molecular weight excluding hydrogens is 226 g/mol. The summed E-state index contributed by atoms with van der Waals surface area (Å²) in [4.78, 5) is 3.82. The van der Waals surface area contributed by atoms with Crippen molar-refractivity contribution < 1.29 is 8.42 Å². The van der Waals surface area contributed by atoms with Crippen molar-refractivity contribution in [1.82, 2.24) is 4.98 Å². The fraction of sp³-hybridized carbons (Fsp3) is 0.400. The van der Waals surface area contributed by atoms with Gasteiger partial charge in [-0.25, -0.2) is 13.4 Å². The Bertz CT molecular complexity index is 505. The lowest BCUT2D eigenvalue weighted by atomic mass is 10.3. The lowest BCUT2D eigenvalue weighted by Crippen LogP contribution is -2.25. The predicted octanol–water partition coefficient (Wildman–Crippen LogP) is 0.798. The van der Waals surface area contributed by atoms with Crippen molar-refractivity contribution in [3.8, 4) is 6.07 Å². The van der Waals surface area contributed by atoms with Crippen LogP contribution in [0.1, 0.15) is 12.6 Å². The minimum atomic E-state index is -3.00. The van der Waals surface area contributed by atoms with E-state index in [0.717, 1.165) is 0 Å². The van der Waals surface area contributed by atoms with Crippen LogP contribution < -0.4 is 5.32 Å². The van der Waals surface area contributed by atoms with Gasteiger partial charge in [0.15, 0.2) is 0 Å². The third-order valence-electron chi connectivity index (χ3n) is 1.84. The number of hydrogen-bond donors (Lipinski definition) is 1. The number of hydrogen-bond acceptors (Lipinski definition) is 5. The van der Waals surface area contributed by atoms with E-state index in [-0.39, 0.29) is 11.8 Å². The van der Waals surface area contributed by atoms with Gasteiger partial charge in [0.25, 0.3) is 0 Å². The van der Waals surface area contributed by atoms with E-state index in [1.165, 1.54) is 12.5 Å². The normalized spacial score (nSPS) is 12.8. The molecule has 1 rings (SSSR count). The van der Waals surface area contributed by atoms with Crippen LogP contribution in [0, 0.1) is 11.3 Å². The summed E-state index contributed by atoms with van der Waals surface area (Å²) >= 11 is 0. The number of aromatic nitrogens is 1. The van der Waals surface area contributed by atoms with E-state index >= 15 is 0 Å². The van der Waals surface area contributed by atoms with Gasteiger partial charge in [0.2, 0.25) is 0 Å². The highest BCUT2D eigenvalue weighted by molar-refractivity contribution is 7.90. The zero-order valence-corrected chi connectivity index (χ0v) is 9.95. The number of anilines is 1. The van der Waals surface area contributed by atoms with Crippen LogP contribution in [0.2, 0.25) is 0 Å². The lowest BCUT2D eigenvalue weighted by molar-refractivity contribution is 0.598. The van der Waals surface area contributed by atoms with Crippen LogP contribution in [0.15, 0.2) is 18.3 Å². The van der Waals surface area contributed by atoms with Gasteiger partial charge < -0.3 is 5.32 Å².